The first-order valence-electron chi connectivity index (χ1n) is 2.07. The third-order valence-corrected chi connectivity index (χ3v) is 0.686. The van der Waals surface area contributed by atoms with Gasteiger partial charge >= 0.3 is 5.69 Å². The zero-order valence-corrected chi connectivity index (χ0v) is 7.65. The van der Waals surface area contributed by atoms with Gasteiger partial charge in [-0.25, -0.2) is 4.79 Å². The van der Waals surface area contributed by atoms with E-state index in [1.165, 1.54) is 12.3 Å². The van der Waals surface area contributed by atoms with E-state index in [9.17, 15) is 9.59 Å². The third-order valence-electron chi connectivity index (χ3n) is 0.686. The van der Waals surface area contributed by atoms with Crippen molar-refractivity contribution < 1.29 is 19.5 Å². The van der Waals surface area contributed by atoms with Gasteiger partial charge in [0.15, 0.2) is 0 Å². The van der Waals surface area contributed by atoms with Gasteiger partial charge in [0.05, 0.1) is 0 Å². The van der Waals surface area contributed by atoms with Crippen LogP contribution in [0.2, 0.25) is 0 Å². The first-order chi connectivity index (χ1) is 3.79. The average molecular weight is 177 g/mol. The van der Waals surface area contributed by atoms with E-state index < -0.39 is 5.69 Å². The molecule has 5 heteroatoms. The van der Waals surface area contributed by atoms with Crippen molar-refractivity contribution in [1.29, 1.82) is 0 Å². The molecule has 1 heterocycles. The molecule has 9 heavy (non-hydrogen) atoms. The van der Waals surface area contributed by atoms with E-state index in [4.69, 9.17) is 0 Å². The van der Waals surface area contributed by atoms with Gasteiger partial charge in [0, 0.05) is 31.7 Å². The molecule has 1 rings (SSSR count). The number of nitrogens with one attached hydrogen (secondary N) is 2. The maximum atomic E-state index is 10.2. The van der Waals surface area contributed by atoms with Crippen molar-refractivity contribution in [2.75, 3.05) is 0 Å². The third kappa shape index (κ3) is 2.37. The molecule has 0 bridgehead atoms. The standard InChI is InChI=1S/C4H4N2O2.Zn/c7-3-1-2-5-4(8)6-3;/h1-2H,(H2,5,6,7,8);. The largest absolute Gasteiger partial charge is 0.325 e. The van der Waals surface area contributed by atoms with Gasteiger partial charge in [0.25, 0.3) is 5.56 Å². The Kier molecular flexibility index (Phi) is 3.09. The van der Waals surface area contributed by atoms with Crippen molar-refractivity contribution in [1.82, 2.24) is 9.97 Å². The van der Waals surface area contributed by atoms with Crippen LogP contribution >= 0.6 is 0 Å². The monoisotopic (exact) mass is 176 g/mol. The van der Waals surface area contributed by atoms with Crippen molar-refractivity contribution in [2.45, 2.75) is 0 Å². The Hall–Kier alpha value is -0.697. The summed E-state index contributed by atoms with van der Waals surface area (Å²) in [6.07, 6.45) is 1.29. The van der Waals surface area contributed by atoms with Crippen molar-refractivity contribution >= 4 is 0 Å². The molecule has 44 valence electrons. The Morgan fingerprint density at radius 2 is 2.00 bits per heavy atom. The smallest absolute Gasteiger partial charge is 0.314 e. The van der Waals surface area contributed by atoms with Crippen LogP contribution in [0.15, 0.2) is 21.9 Å². The summed E-state index contributed by atoms with van der Waals surface area (Å²) in [7, 11) is 0. The molecule has 0 aliphatic rings. The van der Waals surface area contributed by atoms with Crippen LogP contribution in [0.3, 0.4) is 0 Å². The van der Waals surface area contributed by atoms with Crippen molar-refractivity contribution in [3.05, 3.63) is 33.1 Å². The van der Waals surface area contributed by atoms with Crippen LogP contribution in [-0.4, -0.2) is 9.97 Å². The topological polar surface area (TPSA) is 65.7 Å². The summed E-state index contributed by atoms with van der Waals surface area (Å²) in [6, 6.07) is 1.24. The fourth-order valence-electron chi connectivity index (χ4n) is 0.383. The molecule has 1 aromatic heterocycles. The Labute approximate surface area is 63.1 Å². The summed E-state index contributed by atoms with van der Waals surface area (Å²) in [5.41, 5.74) is -0.855. The van der Waals surface area contributed by atoms with Crippen LogP contribution < -0.4 is 11.2 Å². The van der Waals surface area contributed by atoms with E-state index in [1.54, 1.807) is 0 Å². The maximum absolute atomic E-state index is 10.2. The molecule has 0 unspecified atom stereocenters. The molecule has 0 radical (unpaired) electrons. The maximum Gasteiger partial charge on any atom is 0.325 e. The predicted octanol–water partition coefficient (Wildman–Crippen LogP) is -0.939. The van der Waals surface area contributed by atoms with E-state index in [1.807, 2.05) is 4.98 Å². The van der Waals surface area contributed by atoms with E-state index in [0.29, 0.717) is 0 Å². The molecule has 0 aliphatic carbocycles. The molecule has 0 aromatic carbocycles. The van der Waals surface area contributed by atoms with E-state index in [0.717, 1.165) is 0 Å². The number of H-pyrrole nitrogens is 2. The zero-order chi connectivity index (χ0) is 5.98. The SMILES string of the molecule is O=c1cc[nH]c(=O)[nH]1.[Zn]. The van der Waals surface area contributed by atoms with Crippen molar-refractivity contribution in [3.8, 4) is 0 Å². The average Bonchev–Trinajstić information content (AvgIpc) is 1.64. The molecule has 0 saturated carbocycles. The zero-order valence-electron chi connectivity index (χ0n) is 4.68. The Morgan fingerprint density at radius 1 is 1.33 bits per heavy atom. The van der Waals surface area contributed by atoms with E-state index >= 15 is 0 Å². The summed E-state index contributed by atoms with van der Waals surface area (Å²) in [4.78, 5) is 24.7. The second-order valence-corrected chi connectivity index (χ2v) is 1.30. The summed E-state index contributed by atoms with van der Waals surface area (Å²) >= 11 is 0. The van der Waals surface area contributed by atoms with Crippen LogP contribution in [0.4, 0.5) is 0 Å². The van der Waals surface area contributed by atoms with E-state index in [2.05, 4.69) is 4.98 Å². The fraction of sp³-hybridized carbons (Fsp3) is 0. The Bertz CT molecular complexity index is 251. The minimum Gasteiger partial charge on any atom is -0.314 e. The molecular weight excluding hydrogens is 173 g/mol. The minimum atomic E-state index is -0.475. The number of hydrogen-bond acceptors (Lipinski definition) is 2. The predicted molar refractivity (Wildman–Crippen MR) is 27.7 cm³/mol. The van der Waals surface area contributed by atoms with Crippen molar-refractivity contribution in [2.24, 2.45) is 0 Å². The van der Waals surface area contributed by atoms with Gasteiger partial charge in [0.2, 0.25) is 0 Å². The first kappa shape index (κ1) is 8.30. The Balaban J connectivity index is 0.000000640. The van der Waals surface area contributed by atoms with Gasteiger partial charge in [-0.1, -0.05) is 0 Å². The molecule has 2 N–H and O–H groups in total. The summed E-state index contributed by atoms with van der Waals surface area (Å²) in [6.45, 7) is 0. The van der Waals surface area contributed by atoms with Crippen LogP contribution in [0, 0.1) is 0 Å². The molecule has 0 saturated heterocycles. The summed E-state index contributed by atoms with van der Waals surface area (Å²) in [5, 5.41) is 0. The molecule has 0 aliphatic heterocycles. The first-order valence-corrected chi connectivity index (χ1v) is 2.07. The number of hydrogen-bond donors (Lipinski definition) is 2. The fourth-order valence-corrected chi connectivity index (χ4v) is 0.383. The number of aromatic nitrogens is 2. The van der Waals surface area contributed by atoms with Crippen LogP contribution in [-0.2, 0) is 19.5 Å². The van der Waals surface area contributed by atoms with E-state index in [-0.39, 0.29) is 25.0 Å². The Morgan fingerprint density at radius 3 is 2.33 bits per heavy atom. The van der Waals surface area contributed by atoms with Gasteiger partial charge in [-0.2, -0.15) is 0 Å². The van der Waals surface area contributed by atoms with Gasteiger partial charge in [-0.15, -0.1) is 0 Å². The summed E-state index contributed by atoms with van der Waals surface area (Å²) < 4.78 is 0. The second kappa shape index (κ2) is 3.35. The molecule has 4 nitrogen and oxygen atoms in total. The van der Waals surface area contributed by atoms with Crippen LogP contribution in [0.1, 0.15) is 0 Å². The molecule has 0 atom stereocenters. The normalized spacial score (nSPS) is 8.00. The van der Waals surface area contributed by atoms with Gasteiger partial charge in [0.1, 0.15) is 0 Å². The van der Waals surface area contributed by atoms with Gasteiger partial charge in [-0.3, -0.25) is 9.78 Å². The molecule has 0 amide bonds. The molecule has 1 aromatic rings. The van der Waals surface area contributed by atoms with Gasteiger partial charge < -0.3 is 4.98 Å². The minimum absolute atomic E-state index is 0. The number of rotatable bonds is 0. The quantitative estimate of drug-likeness (QED) is 0.503. The molecular formula is C4H4N2O2Zn. The molecule has 0 spiro atoms. The van der Waals surface area contributed by atoms with Crippen molar-refractivity contribution in [3.63, 3.8) is 0 Å². The summed E-state index contributed by atoms with van der Waals surface area (Å²) in [5.74, 6) is 0. The number of aromatic amines is 2. The van der Waals surface area contributed by atoms with Crippen LogP contribution in [0.5, 0.6) is 0 Å². The van der Waals surface area contributed by atoms with Gasteiger partial charge in [-0.05, 0) is 0 Å². The van der Waals surface area contributed by atoms with Crippen LogP contribution in [0.25, 0.3) is 0 Å². The second-order valence-electron chi connectivity index (χ2n) is 1.30. The molecule has 0 fully saturated rings.